The van der Waals surface area contributed by atoms with Gasteiger partial charge in [0.1, 0.15) is 19.0 Å². The van der Waals surface area contributed by atoms with Crippen molar-refractivity contribution < 1.29 is 14.3 Å². The lowest BCUT2D eigenvalue weighted by atomic mass is 10.3. The Balaban J connectivity index is 2.10. The number of carbonyl (C=O) groups is 1. The second-order valence-electron chi connectivity index (χ2n) is 2.92. The van der Waals surface area contributed by atoms with Crippen molar-refractivity contribution in [1.29, 1.82) is 0 Å². The summed E-state index contributed by atoms with van der Waals surface area (Å²) < 4.78 is 10.2. The maximum Gasteiger partial charge on any atom is 0.307 e. The van der Waals surface area contributed by atoms with Gasteiger partial charge in [0.2, 0.25) is 0 Å². The van der Waals surface area contributed by atoms with Gasteiger partial charge in [-0.1, -0.05) is 18.2 Å². The molecule has 0 fully saturated rings. The highest BCUT2D eigenvalue weighted by atomic mass is 16.6. The van der Waals surface area contributed by atoms with Crippen molar-refractivity contribution in [2.75, 3.05) is 19.8 Å². The van der Waals surface area contributed by atoms with Gasteiger partial charge in [-0.25, -0.2) is 0 Å². The molecule has 1 aromatic rings. The third-order valence-corrected chi connectivity index (χ3v) is 1.71. The number of nitrogens with two attached hydrogens (primary N) is 1. The lowest BCUT2D eigenvalue weighted by Crippen LogP contribution is -2.15. The number of para-hydroxylation sites is 1. The number of carbonyl (C=O) groups excluding carboxylic acids is 1. The quantitative estimate of drug-likeness (QED) is 0.560. The van der Waals surface area contributed by atoms with E-state index in [1.165, 1.54) is 0 Å². The van der Waals surface area contributed by atoms with Gasteiger partial charge in [-0.2, -0.15) is 0 Å². The van der Waals surface area contributed by atoms with E-state index in [0.29, 0.717) is 13.2 Å². The maximum absolute atomic E-state index is 10.9. The highest BCUT2D eigenvalue weighted by molar-refractivity contribution is 5.69. The van der Waals surface area contributed by atoms with Gasteiger partial charge in [0.15, 0.2) is 0 Å². The molecule has 1 aromatic carbocycles. The smallest absolute Gasteiger partial charge is 0.307 e. The zero-order valence-electron chi connectivity index (χ0n) is 8.52. The fraction of sp³-hybridized carbons (Fsp3) is 0.364. The van der Waals surface area contributed by atoms with Gasteiger partial charge < -0.3 is 15.2 Å². The molecule has 0 unspecified atom stereocenters. The lowest BCUT2D eigenvalue weighted by Gasteiger charge is -2.06. The Morgan fingerprint density at radius 3 is 2.60 bits per heavy atom. The molecule has 0 bridgehead atoms. The molecule has 4 heteroatoms. The standard InChI is InChI=1S/C11H15NO3/c12-7-6-11(13)15-9-8-14-10-4-2-1-3-5-10/h1-5H,6-9,12H2. The van der Waals surface area contributed by atoms with Crippen LogP contribution in [-0.4, -0.2) is 25.7 Å². The van der Waals surface area contributed by atoms with Crippen LogP contribution in [0.25, 0.3) is 0 Å². The molecular weight excluding hydrogens is 194 g/mol. The van der Waals surface area contributed by atoms with Gasteiger partial charge in [0.05, 0.1) is 6.42 Å². The van der Waals surface area contributed by atoms with Crippen LogP contribution >= 0.6 is 0 Å². The third-order valence-electron chi connectivity index (χ3n) is 1.71. The Hall–Kier alpha value is -1.55. The van der Waals surface area contributed by atoms with Gasteiger partial charge in [-0.15, -0.1) is 0 Å². The molecule has 15 heavy (non-hydrogen) atoms. The van der Waals surface area contributed by atoms with E-state index in [-0.39, 0.29) is 19.0 Å². The zero-order valence-corrected chi connectivity index (χ0v) is 8.52. The average Bonchev–Trinajstić information content (AvgIpc) is 2.26. The second-order valence-corrected chi connectivity index (χ2v) is 2.92. The maximum atomic E-state index is 10.9. The Bertz CT molecular complexity index is 287. The van der Waals surface area contributed by atoms with Crippen LogP contribution in [0.15, 0.2) is 30.3 Å². The van der Waals surface area contributed by atoms with Crippen LogP contribution in [0.3, 0.4) is 0 Å². The summed E-state index contributed by atoms with van der Waals surface area (Å²) in [5, 5.41) is 0. The van der Waals surface area contributed by atoms with E-state index in [0.717, 1.165) is 5.75 Å². The van der Waals surface area contributed by atoms with E-state index in [2.05, 4.69) is 0 Å². The topological polar surface area (TPSA) is 61.6 Å². The van der Waals surface area contributed by atoms with E-state index < -0.39 is 0 Å². The summed E-state index contributed by atoms with van der Waals surface area (Å²) in [7, 11) is 0. The largest absolute Gasteiger partial charge is 0.490 e. The number of esters is 1. The van der Waals surface area contributed by atoms with Crippen LogP contribution in [-0.2, 0) is 9.53 Å². The van der Waals surface area contributed by atoms with E-state index in [1.54, 1.807) is 0 Å². The van der Waals surface area contributed by atoms with Gasteiger partial charge in [-0.05, 0) is 12.1 Å². The normalized spacial score (nSPS) is 9.67. The molecule has 0 heterocycles. The average molecular weight is 209 g/mol. The van der Waals surface area contributed by atoms with Gasteiger partial charge >= 0.3 is 5.97 Å². The van der Waals surface area contributed by atoms with Crippen molar-refractivity contribution in [2.24, 2.45) is 5.73 Å². The summed E-state index contributed by atoms with van der Waals surface area (Å²) >= 11 is 0. The first-order valence-electron chi connectivity index (χ1n) is 4.86. The minimum Gasteiger partial charge on any atom is -0.490 e. The van der Waals surface area contributed by atoms with Crippen LogP contribution in [0.2, 0.25) is 0 Å². The highest BCUT2D eigenvalue weighted by Gasteiger charge is 2.00. The fourth-order valence-electron chi connectivity index (χ4n) is 1.02. The molecule has 0 spiro atoms. The van der Waals surface area contributed by atoms with Crippen LogP contribution in [0.4, 0.5) is 0 Å². The first-order valence-corrected chi connectivity index (χ1v) is 4.86. The highest BCUT2D eigenvalue weighted by Crippen LogP contribution is 2.07. The number of benzene rings is 1. The summed E-state index contributed by atoms with van der Waals surface area (Å²) in [6, 6.07) is 9.38. The zero-order chi connectivity index (χ0) is 10.9. The van der Waals surface area contributed by atoms with Gasteiger partial charge in [-0.3, -0.25) is 4.79 Å². The van der Waals surface area contributed by atoms with Crippen molar-refractivity contribution >= 4 is 5.97 Å². The van der Waals surface area contributed by atoms with E-state index in [1.807, 2.05) is 30.3 Å². The monoisotopic (exact) mass is 209 g/mol. The molecule has 82 valence electrons. The van der Waals surface area contributed by atoms with Crippen molar-refractivity contribution in [3.05, 3.63) is 30.3 Å². The summed E-state index contributed by atoms with van der Waals surface area (Å²) in [6.45, 7) is 0.937. The minimum absolute atomic E-state index is 0.255. The number of hydrogen-bond acceptors (Lipinski definition) is 4. The predicted molar refractivity (Wildman–Crippen MR) is 56.6 cm³/mol. The molecule has 4 nitrogen and oxygen atoms in total. The van der Waals surface area contributed by atoms with E-state index in [4.69, 9.17) is 15.2 Å². The lowest BCUT2D eigenvalue weighted by molar-refractivity contribution is -0.144. The summed E-state index contributed by atoms with van der Waals surface area (Å²) in [5.41, 5.74) is 5.19. The molecule has 0 aliphatic heterocycles. The van der Waals surface area contributed by atoms with E-state index >= 15 is 0 Å². The molecule has 0 saturated carbocycles. The van der Waals surface area contributed by atoms with Crippen molar-refractivity contribution in [2.45, 2.75) is 6.42 Å². The molecule has 0 aliphatic carbocycles. The molecule has 0 aliphatic rings. The molecule has 0 saturated heterocycles. The van der Waals surface area contributed by atoms with Crippen molar-refractivity contribution in [3.8, 4) is 5.75 Å². The van der Waals surface area contributed by atoms with Gasteiger partial charge in [0.25, 0.3) is 0 Å². The van der Waals surface area contributed by atoms with Gasteiger partial charge in [0, 0.05) is 6.54 Å². The first-order chi connectivity index (χ1) is 7.33. The third kappa shape index (κ3) is 5.02. The molecule has 1 rings (SSSR count). The van der Waals surface area contributed by atoms with Crippen LogP contribution < -0.4 is 10.5 Å². The summed E-state index contributed by atoms with van der Waals surface area (Å²) in [4.78, 5) is 10.9. The van der Waals surface area contributed by atoms with Crippen LogP contribution in [0, 0.1) is 0 Å². The first kappa shape index (κ1) is 11.5. The molecule has 0 radical (unpaired) electrons. The molecule has 2 N–H and O–H groups in total. The summed E-state index contributed by atoms with van der Waals surface area (Å²) in [5.74, 6) is 0.488. The Morgan fingerprint density at radius 2 is 1.93 bits per heavy atom. The summed E-state index contributed by atoms with van der Waals surface area (Å²) in [6.07, 6.45) is 0.255. The Kier molecular flexibility index (Phi) is 5.25. The van der Waals surface area contributed by atoms with E-state index in [9.17, 15) is 4.79 Å². The van der Waals surface area contributed by atoms with Crippen molar-refractivity contribution in [1.82, 2.24) is 0 Å². The second kappa shape index (κ2) is 6.84. The molecule has 0 amide bonds. The number of hydrogen-bond donors (Lipinski definition) is 1. The minimum atomic E-state index is -0.283. The number of ether oxygens (including phenoxy) is 2. The molecular formula is C11H15NO3. The van der Waals surface area contributed by atoms with Crippen molar-refractivity contribution in [3.63, 3.8) is 0 Å². The molecule has 0 atom stereocenters. The fourth-order valence-corrected chi connectivity index (χ4v) is 1.02. The predicted octanol–water partition coefficient (Wildman–Crippen LogP) is 0.957. The molecule has 0 aromatic heterocycles. The van der Waals surface area contributed by atoms with Crippen LogP contribution in [0.1, 0.15) is 6.42 Å². The Morgan fingerprint density at radius 1 is 1.20 bits per heavy atom. The SMILES string of the molecule is NCCC(=O)OCCOc1ccccc1. The number of rotatable bonds is 6. The van der Waals surface area contributed by atoms with Crippen LogP contribution in [0.5, 0.6) is 5.75 Å². The Labute approximate surface area is 89.0 Å².